The third kappa shape index (κ3) is 5.51. The zero-order chi connectivity index (χ0) is 20.9. The zero-order valence-corrected chi connectivity index (χ0v) is 16.4. The first-order chi connectivity index (χ1) is 13.9. The highest BCUT2D eigenvalue weighted by molar-refractivity contribution is 8.02. The van der Waals surface area contributed by atoms with Gasteiger partial charge in [0.15, 0.2) is 0 Å². The summed E-state index contributed by atoms with van der Waals surface area (Å²) in [5.41, 5.74) is 1.65. The number of rotatable bonds is 8. The van der Waals surface area contributed by atoms with Crippen LogP contribution in [0, 0.1) is 0 Å². The van der Waals surface area contributed by atoms with Gasteiger partial charge in [-0.2, -0.15) is 0 Å². The SMILES string of the molecule is COc1cccc(OCCO)c1C1SC=CN1Cc1ccc(OC(F)(F)F)cc1. The Morgan fingerprint density at radius 2 is 1.83 bits per heavy atom. The Hall–Kier alpha value is -2.52. The van der Waals surface area contributed by atoms with E-state index in [2.05, 4.69) is 4.74 Å². The lowest BCUT2D eigenvalue weighted by Crippen LogP contribution is -2.20. The first kappa shape index (κ1) is 21.2. The van der Waals surface area contributed by atoms with Crippen LogP contribution in [0.25, 0.3) is 0 Å². The number of aliphatic hydroxyl groups excluding tert-OH is 1. The molecule has 1 atom stereocenters. The number of methoxy groups -OCH3 is 1. The molecule has 0 radical (unpaired) electrons. The molecule has 0 amide bonds. The molecule has 3 rings (SSSR count). The third-order valence-electron chi connectivity index (χ3n) is 4.12. The van der Waals surface area contributed by atoms with Crippen molar-refractivity contribution in [2.45, 2.75) is 18.3 Å². The van der Waals surface area contributed by atoms with Gasteiger partial charge in [-0.15, -0.1) is 24.9 Å². The van der Waals surface area contributed by atoms with Crippen molar-refractivity contribution in [1.82, 2.24) is 4.90 Å². The van der Waals surface area contributed by atoms with Crippen LogP contribution in [0.2, 0.25) is 0 Å². The molecule has 0 fully saturated rings. The number of ether oxygens (including phenoxy) is 3. The van der Waals surface area contributed by atoms with Crippen molar-refractivity contribution in [3.63, 3.8) is 0 Å². The lowest BCUT2D eigenvalue weighted by molar-refractivity contribution is -0.274. The summed E-state index contributed by atoms with van der Waals surface area (Å²) in [5.74, 6) is 1.01. The minimum atomic E-state index is -4.71. The lowest BCUT2D eigenvalue weighted by Gasteiger charge is -2.28. The average molecular weight is 427 g/mol. The van der Waals surface area contributed by atoms with E-state index in [-0.39, 0.29) is 24.3 Å². The van der Waals surface area contributed by atoms with Crippen LogP contribution in [-0.2, 0) is 6.54 Å². The van der Waals surface area contributed by atoms with E-state index >= 15 is 0 Å². The number of hydrogen-bond donors (Lipinski definition) is 1. The number of hydrogen-bond acceptors (Lipinski definition) is 6. The second-order valence-electron chi connectivity index (χ2n) is 6.08. The number of halogens is 3. The minimum Gasteiger partial charge on any atom is -0.496 e. The summed E-state index contributed by atoms with van der Waals surface area (Å²) in [6.07, 6.45) is -2.80. The highest BCUT2D eigenvalue weighted by atomic mass is 32.2. The Morgan fingerprint density at radius 1 is 1.10 bits per heavy atom. The maximum absolute atomic E-state index is 12.3. The number of thioether (sulfide) groups is 1. The monoisotopic (exact) mass is 427 g/mol. The molecular weight excluding hydrogens is 407 g/mol. The molecule has 0 aromatic heterocycles. The average Bonchev–Trinajstić information content (AvgIpc) is 3.14. The van der Waals surface area contributed by atoms with Crippen LogP contribution < -0.4 is 14.2 Å². The van der Waals surface area contributed by atoms with Crippen LogP contribution in [-0.4, -0.2) is 36.7 Å². The normalized spacial score (nSPS) is 16.2. The smallest absolute Gasteiger partial charge is 0.496 e. The minimum absolute atomic E-state index is 0.108. The van der Waals surface area contributed by atoms with E-state index < -0.39 is 6.36 Å². The van der Waals surface area contributed by atoms with Crippen LogP contribution in [0.1, 0.15) is 16.5 Å². The van der Waals surface area contributed by atoms with Crippen LogP contribution in [0.15, 0.2) is 54.1 Å². The van der Waals surface area contributed by atoms with Crippen molar-refractivity contribution >= 4 is 11.8 Å². The molecule has 29 heavy (non-hydrogen) atoms. The van der Waals surface area contributed by atoms with Crippen molar-refractivity contribution < 1.29 is 32.5 Å². The van der Waals surface area contributed by atoms with E-state index in [1.807, 2.05) is 34.7 Å². The third-order valence-corrected chi connectivity index (χ3v) is 5.17. The Balaban J connectivity index is 1.79. The summed E-state index contributed by atoms with van der Waals surface area (Å²) in [7, 11) is 1.57. The molecule has 1 aliphatic heterocycles. The zero-order valence-electron chi connectivity index (χ0n) is 15.6. The molecule has 1 aliphatic rings. The number of benzene rings is 2. The van der Waals surface area contributed by atoms with Crippen molar-refractivity contribution in [2.24, 2.45) is 0 Å². The molecule has 1 heterocycles. The molecule has 0 saturated heterocycles. The summed E-state index contributed by atoms with van der Waals surface area (Å²) in [6.45, 7) is 0.520. The molecule has 0 saturated carbocycles. The van der Waals surface area contributed by atoms with Gasteiger partial charge in [-0.3, -0.25) is 0 Å². The second-order valence-corrected chi connectivity index (χ2v) is 7.07. The van der Waals surface area contributed by atoms with Crippen molar-refractivity contribution in [1.29, 1.82) is 0 Å². The van der Waals surface area contributed by atoms with Gasteiger partial charge in [-0.25, -0.2) is 0 Å². The van der Waals surface area contributed by atoms with Gasteiger partial charge in [-0.05, 0) is 35.2 Å². The molecule has 5 nitrogen and oxygen atoms in total. The van der Waals surface area contributed by atoms with Crippen molar-refractivity contribution in [3.05, 3.63) is 65.2 Å². The topological polar surface area (TPSA) is 51.2 Å². The van der Waals surface area contributed by atoms with Gasteiger partial charge in [0.2, 0.25) is 0 Å². The van der Waals surface area contributed by atoms with E-state index in [0.717, 1.165) is 11.1 Å². The van der Waals surface area contributed by atoms with Crippen LogP contribution in [0.5, 0.6) is 17.2 Å². The molecule has 156 valence electrons. The molecule has 1 N–H and O–H groups in total. The number of aliphatic hydroxyl groups is 1. The number of nitrogens with zero attached hydrogens (tertiary/aromatic N) is 1. The first-order valence-corrected chi connectivity index (χ1v) is 9.68. The maximum atomic E-state index is 12.3. The fourth-order valence-corrected chi connectivity index (χ4v) is 3.99. The predicted octanol–water partition coefficient (Wildman–Crippen LogP) is 4.68. The largest absolute Gasteiger partial charge is 0.573 e. The van der Waals surface area contributed by atoms with E-state index in [0.29, 0.717) is 18.0 Å². The Bertz CT molecular complexity index is 843. The van der Waals surface area contributed by atoms with Gasteiger partial charge in [-0.1, -0.05) is 18.2 Å². The van der Waals surface area contributed by atoms with Gasteiger partial charge in [0.05, 0.1) is 19.3 Å². The highest BCUT2D eigenvalue weighted by Gasteiger charge is 2.31. The molecule has 9 heteroatoms. The quantitative estimate of drug-likeness (QED) is 0.660. The molecule has 0 bridgehead atoms. The van der Waals surface area contributed by atoms with Gasteiger partial charge in [0.25, 0.3) is 0 Å². The Morgan fingerprint density at radius 3 is 2.48 bits per heavy atom. The highest BCUT2D eigenvalue weighted by Crippen LogP contribution is 2.47. The summed E-state index contributed by atoms with van der Waals surface area (Å²) in [6, 6.07) is 11.2. The van der Waals surface area contributed by atoms with E-state index in [1.165, 1.54) is 12.1 Å². The molecule has 0 aliphatic carbocycles. The fraction of sp³-hybridized carbons (Fsp3) is 0.300. The van der Waals surface area contributed by atoms with E-state index in [1.54, 1.807) is 31.0 Å². The number of alkyl halides is 3. The van der Waals surface area contributed by atoms with Crippen LogP contribution in [0.4, 0.5) is 13.2 Å². The van der Waals surface area contributed by atoms with Gasteiger partial charge >= 0.3 is 6.36 Å². The molecular formula is C20H20F3NO4S. The molecule has 2 aromatic carbocycles. The molecule has 2 aromatic rings. The van der Waals surface area contributed by atoms with Crippen LogP contribution >= 0.6 is 11.8 Å². The maximum Gasteiger partial charge on any atom is 0.573 e. The predicted molar refractivity (Wildman–Crippen MR) is 104 cm³/mol. The summed E-state index contributed by atoms with van der Waals surface area (Å²) >= 11 is 1.56. The van der Waals surface area contributed by atoms with E-state index in [4.69, 9.17) is 14.6 Å². The standard InChI is InChI=1S/C20H20F3NO4S/c1-26-16-3-2-4-17(27-11-10-25)18(16)19-24(9-12-29-19)13-14-5-7-15(8-6-14)28-20(21,22)23/h2-9,12,19,25H,10-11,13H2,1H3. The second kappa shape index (κ2) is 9.32. The fourth-order valence-electron chi connectivity index (χ4n) is 2.95. The summed E-state index contributed by atoms with van der Waals surface area (Å²) < 4.78 is 52.1. The van der Waals surface area contributed by atoms with Crippen molar-refractivity contribution in [3.8, 4) is 17.2 Å². The van der Waals surface area contributed by atoms with Crippen LogP contribution in [0.3, 0.4) is 0 Å². The lowest BCUT2D eigenvalue weighted by atomic mass is 10.1. The van der Waals surface area contributed by atoms with Gasteiger partial charge < -0.3 is 24.2 Å². The Labute approximate surface area is 170 Å². The van der Waals surface area contributed by atoms with E-state index in [9.17, 15) is 13.2 Å². The van der Waals surface area contributed by atoms with Crippen molar-refractivity contribution in [2.75, 3.05) is 20.3 Å². The van der Waals surface area contributed by atoms with Gasteiger partial charge in [0.1, 0.15) is 29.2 Å². The molecule has 0 spiro atoms. The molecule has 1 unspecified atom stereocenters. The Kier molecular flexibility index (Phi) is 6.81. The summed E-state index contributed by atoms with van der Waals surface area (Å²) in [5, 5.41) is 10.9. The first-order valence-electron chi connectivity index (χ1n) is 8.74. The summed E-state index contributed by atoms with van der Waals surface area (Å²) in [4.78, 5) is 2.04. The van der Waals surface area contributed by atoms with Gasteiger partial charge in [0, 0.05) is 12.7 Å².